The highest BCUT2D eigenvalue weighted by Crippen LogP contribution is 2.21. The van der Waals surface area contributed by atoms with Crippen LogP contribution in [-0.4, -0.2) is 33.1 Å². The second-order valence-electron chi connectivity index (χ2n) is 4.46. The maximum absolute atomic E-state index is 11.7. The summed E-state index contributed by atoms with van der Waals surface area (Å²) in [6.07, 6.45) is 3.50. The third-order valence-corrected chi connectivity index (χ3v) is 4.82. The van der Waals surface area contributed by atoms with Crippen LogP contribution in [0.25, 0.3) is 10.9 Å². The van der Waals surface area contributed by atoms with Crippen molar-refractivity contribution >= 4 is 46.1 Å². The average molecular weight is 331 g/mol. The molecule has 22 heavy (non-hydrogen) atoms. The quantitative estimate of drug-likeness (QED) is 0.428. The van der Waals surface area contributed by atoms with Gasteiger partial charge in [0, 0.05) is 22.7 Å². The lowest BCUT2D eigenvalue weighted by molar-refractivity contribution is -0.118. The van der Waals surface area contributed by atoms with Crippen LogP contribution in [0.15, 0.2) is 39.9 Å². The molecule has 3 rings (SSSR count). The van der Waals surface area contributed by atoms with E-state index in [9.17, 15) is 4.79 Å². The minimum atomic E-state index is -0.172. The van der Waals surface area contributed by atoms with Crippen molar-refractivity contribution in [2.75, 3.05) is 5.75 Å². The number of carbonyl (C=O) groups is 1. The van der Waals surface area contributed by atoms with Crippen molar-refractivity contribution in [3.05, 3.63) is 41.0 Å². The number of aromatic amines is 1. The Kier molecular flexibility index (Phi) is 4.50. The van der Waals surface area contributed by atoms with Crippen molar-refractivity contribution in [2.24, 2.45) is 5.10 Å². The number of nitrogens with zero attached hydrogens (tertiary/aromatic N) is 3. The third kappa shape index (κ3) is 3.52. The second-order valence-corrected chi connectivity index (χ2v) is 6.86. The van der Waals surface area contributed by atoms with Crippen LogP contribution in [0.5, 0.6) is 0 Å². The molecule has 0 saturated carbocycles. The summed E-state index contributed by atoms with van der Waals surface area (Å²) in [5, 5.41) is 13.8. The van der Waals surface area contributed by atoms with Gasteiger partial charge < -0.3 is 4.98 Å². The summed E-state index contributed by atoms with van der Waals surface area (Å²) in [7, 11) is 0. The average Bonchev–Trinajstić information content (AvgIpc) is 3.12. The molecule has 0 unspecified atom stereocenters. The zero-order valence-electron chi connectivity index (χ0n) is 11.7. The molecule has 112 valence electrons. The molecule has 1 amide bonds. The van der Waals surface area contributed by atoms with Crippen LogP contribution in [0.2, 0.25) is 0 Å². The molecule has 2 heterocycles. The van der Waals surface area contributed by atoms with E-state index >= 15 is 0 Å². The molecule has 0 bridgehead atoms. The predicted octanol–water partition coefficient (Wildman–Crippen LogP) is 2.57. The van der Waals surface area contributed by atoms with Gasteiger partial charge in [0.2, 0.25) is 0 Å². The van der Waals surface area contributed by atoms with Crippen molar-refractivity contribution in [1.82, 2.24) is 20.6 Å². The molecule has 0 aliphatic carbocycles. The maximum atomic E-state index is 11.7. The van der Waals surface area contributed by atoms with E-state index in [-0.39, 0.29) is 11.7 Å². The van der Waals surface area contributed by atoms with E-state index in [1.807, 2.05) is 37.4 Å². The Morgan fingerprint density at radius 1 is 1.45 bits per heavy atom. The largest absolute Gasteiger partial charge is 0.361 e. The van der Waals surface area contributed by atoms with Crippen molar-refractivity contribution < 1.29 is 4.79 Å². The van der Waals surface area contributed by atoms with Gasteiger partial charge in [0.05, 0.1) is 12.0 Å². The number of H-pyrrole nitrogens is 1. The first kappa shape index (κ1) is 14.7. The highest BCUT2D eigenvalue weighted by atomic mass is 32.2. The van der Waals surface area contributed by atoms with Crippen molar-refractivity contribution in [3.63, 3.8) is 0 Å². The van der Waals surface area contributed by atoms with Crippen LogP contribution in [0, 0.1) is 6.92 Å². The molecule has 0 aliphatic rings. The highest BCUT2D eigenvalue weighted by molar-refractivity contribution is 8.01. The molecule has 0 atom stereocenters. The van der Waals surface area contributed by atoms with Crippen LogP contribution in [0.4, 0.5) is 0 Å². The zero-order valence-corrected chi connectivity index (χ0v) is 13.4. The fourth-order valence-corrected chi connectivity index (χ4v) is 3.48. The molecule has 2 N–H and O–H groups in total. The molecular weight excluding hydrogens is 318 g/mol. The Balaban J connectivity index is 1.54. The van der Waals surface area contributed by atoms with Crippen LogP contribution in [0.3, 0.4) is 0 Å². The lowest BCUT2D eigenvalue weighted by Gasteiger charge is -1.97. The molecule has 6 nitrogen and oxygen atoms in total. The Labute approximate surface area is 135 Å². The third-order valence-electron chi connectivity index (χ3n) is 2.85. The second kappa shape index (κ2) is 6.71. The molecule has 3 aromatic rings. The molecule has 1 aromatic carbocycles. The van der Waals surface area contributed by atoms with Gasteiger partial charge in [-0.05, 0) is 13.0 Å². The van der Waals surface area contributed by atoms with Gasteiger partial charge in [-0.2, -0.15) is 5.10 Å². The maximum Gasteiger partial charge on any atom is 0.250 e. The fraction of sp³-hybridized carbons (Fsp3) is 0.143. The van der Waals surface area contributed by atoms with Gasteiger partial charge in [-0.15, -0.1) is 10.2 Å². The smallest absolute Gasteiger partial charge is 0.250 e. The lowest BCUT2D eigenvalue weighted by Crippen LogP contribution is -2.19. The number of thioether (sulfide) groups is 1. The number of rotatable bonds is 5. The number of hydrogen-bond donors (Lipinski definition) is 2. The van der Waals surface area contributed by atoms with Gasteiger partial charge in [-0.3, -0.25) is 4.79 Å². The number of aromatic nitrogens is 3. The number of aryl methyl sites for hydroxylation is 1. The first-order valence-electron chi connectivity index (χ1n) is 6.53. The molecule has 0 spiro atoms. The molecule has 0 radical (unpaired) electrons. The number of hydrogen-bond acceptors (Lipinski definition) is 6. The monoisotopic (exact) mass is 331 g/mol. The summed E-state index contributed by atoms with van der Waals surface area (Å²) in [6, 6.07) is 7.93. The number of carbonyl (C=O) groups excluding carboxylic acids is 1. The van der Waals surface area contributed by atoms with Crippen LogP contribution < -0.4 is 5.43 Å². The number of hydrazone groups is 1. The van der Waals surface area contributed by atoms with Crippen molar-refractivity contribution in [2.45, 2.75) is 11.3 Å². The molecule has 0 saturated heterocycles. The van der Waals surface area contributed by atoms with Crippen molar-refractivity contribution in [1.29, 1.82) is 0 Å². The Morgan fingerprint density at radius 3 is 3.14 bits per heavy atom. The number of fused-ring (bicyclic) bond motifs is 1. The molecule has 0 fully saturated rings. The van der Waals surface area contributed by atoms with Crippen LogP contribution in [-0.2, 0) is 4.79 Å². The Bertz CT molecular complexity index is 823. The van der Waals surface area contributed by atoms with E-state index in [1.165, 1.54) is 23.1 Å². The van der Waals surface area contributed by atoms with Gasteiger partial charge in [0.1, 0.15) is 5.01 Å². The summed E-state index contributed by atoms with van der Waals surface area (Å²) in [5.74, 6) is 0.0915. The van der Waals surface area contributed by atoms with Gasteiger partial charge >= 0.3 is 0 Å². The summed E-state index contributed by atoms with van der Waals surface area (Å²) < 4.78 is 0.785. The molecule has 0 aliphatic heterocycles. The minimum absolute atomic E-state index is 0.172. The topological polar surface area (TPSA) is 83.0 Å². The van der Waals surface area contributed by atoms with Gasteiger partial charge in [-0.1, -0.05) is 41.3 Å². The van der Waals surface area contributed by atoms with E-state index in [2.05, 4.69) is 25.7 Å². The minimum Gasteiger partial charge on any atom is -0.361 e. The van der Waals surface area contributed by atoms with Gasteiger partial charge in [0.15, 0.2) is 4.34 Å². The van der Waals surface area contributed by atoms with E-state index in [0.29, 0.717) is 0 Å². The number of amides is 1. The first-order chi connectivity index (χ1) is 10.7. The van der Waals surface area contributed by atoms with Crippen LogP contribution in [0.1, 0.15) is 10.6 Å². The predicted molar refractivity (Wildman–Crippen MR) is 89.4 cm³/mol. The van der Waals surface area contributed by atoms with Gasteiger partial charge in [0.25, 0.3) is 5.91 Å². The van der Waals surface area contributed by atoms with Crippen molar-refractivity contribution in [3.8, 4) is 0 Å². The van der Waals surface area contributed by atoms with E-state index in [0.717, 1.165) is 25.8 Å². The van der Waals surface area contributed by atoms with E-state index in [4.69, 9.17) is 0 Å². The molecule has 8 heteroatoms. The van der Waals surface area contributed by atoms with Crippen LogP contribution >= 0.6 is 23.1 Å². The normalized spacial score (nSPS) is 11.3. The summed E-state index contributed by atoms with van der Waals surface area (Å²) in [5.41, 5.74) is 4.49. The fourth-order valence-electron chi connectivity index (χ4n) is 1.87. The zero-order chi connectivity index (χ0) is 15.4. The number of nitrogens with one attached hydrogen (secondary N) is 2. The number of para-hydroxylation sites is 1. The number of benzene rings is 1. The Morgan fingerprint density at radius 2 is 2.32 bits per heavy atom. The summed E-state index contributed by atoms with van der Waals surface area (Å²) in [4.78, 5) is 14.9. The summed E-state index contributed by atoms with van der Waals surface area (Å²) >= 11 is 2.82. The van der Waals surface area contributed by atoms with Gasteiger partial charge in [-0.25, -0.2) is 5.43 Å². The summed E-state index contributed by atoms with van der Waals surface area (Å²) in [6.45, 7) is 1.88. The lowest BCUT2D eigenvalue weighted by atomic mass is 10.2. The Hall–Kier alpha value is -2.19. The molecular formula is C14H13N5OS2. The SMILES string of the molecule is Cc1nnc(SCC(=O)N/N=C/c2c[nH]c3ccccc23)s1. The first-order valence-corrected chi connectivity index (χ1v) is 8.33. The van der Waals surface area contributed by atoms with E-state index < -0.39 is 0 Å². The molecule has 2 aromatic heterocycles. The van der Waals surface area contributed by atoms with E-state index in [1.54, 1.807) is 6.21 Å². The standard InChI is InChI=1S/C14H13N5OS2/c1-9-17-19-14(22-9)21-8-13(20)18-16-7-10-6-15-12-5-3-2-4-11(10)12/h2-7,15H,8H2,1H3,(H,18,20)/b16-7+. The highest BCUT2D eigenvalue weighted by Gasteiger charge is 2.05.